The fraction of sp³-hybridized carbons (Fsp3) is 0.0870. The van der Waals surface area contributed by atoms with Crippen molar-refractivity contribution in [3.63, 3.8) is 0 Å². The molecule has 0 fully saturated rings. The van der Waals surface area contributed by atoms with Crippen LogP contribution in [-0.2, 0) is 7.05 Å². The average Bonchev–Trinajstić information content (AvgIpc) is 3.30. The number of carboxylic acids is 1. The van der Waals surface area contributed by atoms with Crippen molar-refractivity contribution in [2.24, 2.45) is 12.0 Å². The first-order valence-electron chi connectivity index (χ1n) is 9.28. The van der Waals surface area contributed by atoms with Gasteiger partial charge >= 0.3 is 5.97 Å². The lowest BCUT2D eigenvalue weighted by Gasteiger charge is -2.07. The van der Waals surface area contributed by atoms with Gasteiger partial charge in [-0.1, -0.05) is 36.4 Å². The largest absolute Gasteiger partial charge is 0.478 e. The molecule has 7 heteroatoms. The Kier molecular flexibility index (Phi) is 4.93. The van der Waals surface area contributed by atoms with E-state index < -0.39 is 5.97 Å². The summed E-state index contributed by atoms with van der Waals surface area (Å²) < 4.78 is 9.06. The average molecular weight is 401 g/mol. The van der Waals surface area contributed by atoms with Crippen molar-refractivity contribution < 1.29 is 14.3 Å². The van der Waals surface area contributed by atoms with Crippen LogP contribution in [0.5, 0.6) is 0 Å². The molecule has 0 unspecified atom stereocenters. The van der Waals surface area contributed by atoms with E-state index in [9.17, 15) is 14.7 Å². The van der Waals surface area contributed by atoms with E-state index in [1.807, 2.05) is 37.3 Å². The van der Waals surface area contributed by atoms with Crippen molar-refractivity contribution in [2.75, 3.05) is 0 Å². The lowest BCUT2D eigenvalue weighted by atomic mass is 10.1. The molecule has 0 atom stereocenters. The van der Waals surface area contributed by atoms with Gasteiger partial charge in [0.05, 0.1) is 23.2 Å². The van der Waals surface area contributed by atoms with Gasteiger partial charge in [-0.05, 0) is 37.3 Å². The second-order valence-corrected chi connectivity index (χ2v) is 6.72. The molecular formula is C23H19N3O4. The van der Waals surface area contributed by atoms with Crippen LogP contribution in [0.4, 0.5) is 5.69 Å². The van der Waals surface area contributed by atoms with Gasteiger partial charge in [0.25, 0.3) is 5.56 Å². The van der Waals surface area contributed by atoms with Gasteiger partial charge in [0.1, 0.15) is 11.5 Å². The number of aromatic carboxylic acids is 1. The van der Waals surface area contributed by atoms with Gasteiger partial charge in [0.15, 0.2) is 5.69 Å². The van der Waals surface area contributed by atoms with Crippen LogP contribution in [0.15, 0.2) is 80.9 Å². The zero-order valence-corrected chi connectivity index (χ0v) is 16.4. The van der Waals surface area contributed by atoms with Crippen LogP contribution in [0.2, 0.25) is 0 Å². The Hall–Kier alpha value is -4.13. The first-order chi connectivity index (χ1) is 14.5. The van der Waals surface area contributed by atoms with Crippen LogP contribution in [0.25, 0.3) is 17.0 Å². The van der Waals surface area contributed by atoms with Crippen LogP contribution in [0.3, 0.4) is 0 Å². The van der Waals surface area contributed by atoms with Crippen LogP contribution in [-0.4, -0.2) is 26.7 Å². The standard InChI is InChI=1S/C23H19N3O4/c1-15-21(22(27)26(25(15)2)16-8-4-3-5-9-16)24-14-17-12-13-20(30-17)18-10-6-7-11-19(18)23(28)29/h3-14H,1-2H3,(H,28,29). The van der Waals surface area contributed by atoms with E-state index in [0.717, 1.165) is 5.69 Å². The third-order valence-electron chi connectivity index (χ3n) is 4.89. The summed E-state index contributed by atoms with van der Waals surface area (Å²) in [6, 6.07) is 19.3. The highest BCUT2D eigenvalue weighted by Crippen LogP contribution is 2.26. The number of aliphatic imine (C=N–C) groups is 1. The van der Waals surface area contributed by atoms with Gasteiger partial charge in [0.2, 0.25) is 0 Å². The molecule has 1 N–H and O–H groups in total. The molecule has 0 saturated carbocycles. The molecule has 0 aliphatic rings. The predicted molar refractivity (Wildman–Crippen MR) is 114 cm³/mol. The maximum Gasteiger partial charge on any atom is 0.336 e. The van der Waals surface area contributed by atoms with E-state index >= 15 is 0 Å². The van der Waals surface area contributed by atoms with Gasteiger partial charge in [-0.15, -0.1) is 0 Å². The molecule has 0 amide bonds. The molecule has 0 aliphatic heterocycles. The lowest BCUT2D eigenvalue weighted by molar-refractivity contribution is 0.0697. The van der Waals surface area contributed by atoms with Crippen LogP contribution in [0, 0.1) is 6.92 Å². The SMILES string of the molecule is Cc1c(N=Cc2ccc(-c3ccccc3C(=O)O)o2)c(=O)n(-c2ccccc2)n1C. The monoisotopic (exact) mass is 401 g/mol. The molecule has 0 aliphatic carbocycles. The highest BCUT2D eigenvalue weighted by Gasteiger charge is 2.16. The summed E-state index contributed by atoms with van der Waals surface area (Å²) in [5.41, 5.74) is 2.17. The summed E-state index contributed by atoms with van der Waals surface area (Å²) in [6.45, 7) is 1.82. The summed E-state index contributed by atoms with van der Waals surface area (Å²) in [5.74, 6) is -0.196. The number of para-hydroxylation sites is 1. The third-order valence-corrected chi connectivity index (χ3v) is 4.89. The lowest BCUT2D eigenvalue weighted by Crippen LogP contribution is -2.19. The minimum atomic E-state index is -1.03. The number of carboxylic acid groups (broad SMARTS) is 1. The van der Waals surface area contributed by atoms with Gasteiger partial charge in [0, 0.05) is 12.6 Å². The van der Waals surface area contributed by atoms with Gasteiger partial charge < -0.3 is 9.52 Å². The van der Waals surface area contributed by atoms with Crippen LogP contribution < -0.4 is 5.56 Å². The van der Waals surface area contributed by atoms with Crippen molar-refractivity contribution in [2.45, 2.75) is 6.92 Å². The molecule has 2 aromatic heterocycles. The van der Waals surface area contributed by atoms with Crippen molar-refractivity contribution in [3.05, 3.63) is 94.1 Å². The minimum absolute atomic E-state index is 0.153. The molecule has 0 radical (unpaired) electrons. The molecule has 0 spiro atoms. The fourth-order valence-electron chi connectivity index (χ4n) is 3.28. The van der Waals surface area contributed by atoms with Crippen molar-refractivity contribution >= 4 is 17.9 Å². The van der Waals surface area contributed by atoms with Crippen LogP contribution in [0.1, 0.15) is 21.8 Å². The number of furan rings is 1. The Morgan fingerprint density at radius 3 is 2.47 bits per heavy atom. The molecule has 30 heavy (non-hydrogen) atoms. The summed E-state index contributed by atoms with van der Waals surface area (Å²) in [4.78, 5) is 28.7. The summed E-state index contributed by atoms with van der Waals surface area (Å²) in [6.07, 6.45) is 1.46. The third kappa shape index (κ3) is 3.37. The molecule has 0 saturated heterocycles. The smallest absolute Gasteiger partial charge is 0.336 e. The normalized spacial score (nSPS) is 11.3. The first kappa shape index (κ1) is 19.2. The zero-order chi connectivity index (χ0) is 21.3. The van der Waals surface area contributed by atoms with Crippen LogP contribution >= 0.6 is 0 Å². The highest BCUT2D eigenvalue weighted by molar-refractivity contribution is 5.95. The number of benzene rings is 2. The van der Waals surface area contributed by atoms with E-state index in [1.165, 1.54) is 12.3 Å². The van der Waals surface area contributed by atoms with E-state index in [4.69, 9.17) is 4.42 Å². The van der Waals surface area contributed by atoms with E-state index in [-0.39, 0.29) is 11.1 Å². The molecule has 4 aromatic rings. The van der Waals surface area contributed by atoms with Crippen molar-refractivity contribution in [1.82, 2.24) is 9.36 Å². The fourth-order valence-corrected chi connectivity index (χ4v) is 3.28. The Labute approximate surface area is 172 Å². The number of carbonyl (C=O) groups is 1. The number of hydrogen-bond acceptors (Lipinski definition) is 4. The summed E-state index contributed by atoms with van der Waals surface area (Å²) in [5, 5.41) is 9.36. The second kappa shape index (κ2) is 7.71. The Balaban J connectivity index is 1.69. The summed E-state index contributed by atoms with van der Waals surface area (Å²) in [7, 11) is 1.80. The minimum Gasteiger partial charge on any atom is -0.478 e. The molecule has 150 valence electrons. The predicted octanol–water partition coefficient (Wildman–Crippen LogP) is 4.19. The maximum atomic E-state index is 12.9. The second-order valence-electron chi connectivity index (χ2n) is 6.72. The molecule has 4 rings (SSSR count). The molecular weight excluding hydrogens is 382 g/mol. The number of rotatable bonds is 5. The highest BCUT2D eigenvalue weighted by atomic mass is 16.4. The number of aromatic nitrogens is 2. The topological polar surface area (TPSA) is 89.7 Å². The van der Waals surface area contributed by atoms with Crippen molar-refractivity contribution in [3.8, 4) is 17.0 Å². The maximum absolute atomic E-state index is 12.9. The van der Waals surface area contributed by atoms with Gasteiger partial charge in [-0.2, -0.15) is 0 Å². The quantitative estimate of drug-likeness (QED) is 0.508. The molecule has 2 aromatic carbocycles. The Morgan fingerprint density at radius 2 is 1.73 bits per heavy atom. The Morgan fingerprint density at radius 1 is 1.03 bits per heavy atom. The number of hydrogen-bond donors (Lipinski definition) is 1. The Bertz CT molecular complexity index is 1310. The first-order valence-corrected chi connectivity index (χ1v) is 9.28. The van der Waals surface area contributed by atoms with Gasteiger partial charge in [-0.3, -0.25) is 9.48 Å². The summed E-state index contributed by atoms with van der Waals surface area (Å²) >= 11 is 0. The van der Waals surface area contributed by atoms with Crippen molar-refractivity contribution in [1.29, 1.82) is 0 Å². The zero-order valence-electron chi connectivity index (χ0n) is 16.4. The molecule has 2 heterocycles. The van der Waals surface area contributed by atoms with E-state index in [0.29, 0.717) is 28.5 Å². The molecule has 7 nitrogen and oxygen atoms in total. The molecule has 0 bridgehead atoms. The van der Waals surface area contributed by atoms with Gasteiger partial charge in [-0.25, -0.2) is 14.5 Å². The van der Waals surface area contributed by atoms with E-state index in [2.05, 4.69) is 4.99 Å². The van der Waals surface area contributed by atoms with E-state index in [1.54, 1.807) is 46.7 Å². The number of nitrogens with zero attached hydrogens (tertiary/aromatic N) is 3.